The summed E-state index contributed by atoms with van der Waals surface area (Å²) in [6, 6.07) is 5.97. The molecule has 3 nitrogen and oxygen atoms in total. The maximum atomic E-state index is 13.2. The standard InChI is InChI=1S/C12H10ClFN2O/c1-16-5-4-11(15-16)12(17)7-8-2-3-9(13)10(14)6-8/h2-6H,7H2,1H3. The van der Waals surface area contributed by atoms with Crippen molar-refractivity contribution in [2.75, 3.05) is 0 Å². The SMILES string of the molecule is Cn1ccc(C(=O)Cc2ccc(Cl)c(F)c2)n1. The molecule has 0 aliphatic heterocycles. The van der Waals surface area contributed by atoms with Gasteiger partial charge in [-0.2, -0.15) is 5.10 Å². The van der Waals surface area contributed by atoms with E-state index in [1.165, 1.54) is 12.1 Å². The van der Waals surface area contributed by atoms with Crippen molar-refractivity contribution < 1.29 is 9.18 Å². The Labute approximate surface area is 103 Å². The fourth-order valence-corrected chi connectivity index (χ4v) is 1.61. The van der Waals surface area contributed by atoms with E-state index in [2.05, 4.69) is 5.10 Å². The Morgan fingerprint density at radius 1 is 1.47 bits per heavy atom. The molecule has 0 saturated heterocycles. The summed E-state index contributed by atoms with van der Waals surface area (Å²) in [7, 11) is 1.73. The number of rotatable bonds is 3. The highest BCUT2D eigenvalue weighted by Gasteiger charge is 2.11. The van der Waals surface area contributed by atoms with Crippen molar-refractivity contribution in [3.63, 3.8) is 0 Å². The van der Waals surface area contributed by atoms with Gasteiger partial charge in [0.25, 0.3) is 0 Å². The number of carbonyl (C=O) groups is 1. The van der Waals surface area contributed by atoms with E-state index < -0.39 is 5.82 Å². The molecule has 0 bridgehead atoms. The normalized spacial score (nSPS) is 10.5. The van der Waals surface area contributed by atoms with Crippen LogP contribution in [0.3, 0.4) is 0 Å². The molecule has 0 amide bonds. The number of Topliss-reactive ketones (excluding diaryl/α,β-unsaturated/α-hetero) is 1. The van der Waals surface area contributed by atoms with Gasteiger partial charge in [-0.1, -0.05) is 17.7 Å². The van der Waals surface area contributed by atoms with Crippen molar-refractivity contribution in [1.29, 1.82) is 0 Å². The minimum Gasteiger partial charge on any atom is -0.292 e. The van der Waals surface area contributed by atoms with Crippen LogP contribution in [0.15, 0.2) is 30.5 Å². The van der Waals surface area contributed by atoms with Crippen LogP contribution in [-0.4, -0.2) is 15.6 Å². The Morgan fingerprint density at radius 2 is 2.24 bits per heavy atom. The molecular formula is C12H10ClFN2O. The number of benzene rings is 1. The van der Waals surface area contributed by atoms with Crippen molar-refractivity contribution in [2.24, 2.45) is 7.05 Å². The molecule has 0 radical (unpaired) electrons. The molecule has 5 heteroatoms. The lowest BCUT2D eigenvalue weighted by Gasteiger charge is -2.00. The highest BCUT2D eigenvalue weighted by molar-refractivity contribution is 6.30. The Balaban J connectivity index is 2.15. The maximum Gasteiger partial charge on any atom is 0.187 e. The zero-order valence-corrected chi connectivity index (χ0v) is 9.91. The van der Waals surface area contributed by atoms with Crippen molar-refractivity contribution >= 4 is 17.4 Å². The van der Waals surface area contributed by atoms with Crippen molar-refractivity contribution in [3.05, 3.63) is 52.6 Å². The first-order valence-electron chi connectivity index (χ1n) is 5.03. The molecule has 88 valence electrons. The van der Waals surface area contributed by atoms with Gasteiger partial charge in [-0.15, -0.1) is 0 Å². The van der Waals surface area contributed by atoms with Gasteiger partial charge in [0.15, 0.2) is 5.78 Å². The molecular weight excluding hydrogens is 243 g/mol. The lowest BCUT2D eigenvalue weighted by atomic mass is 10.1. The van der Waals surface area contributed by atoms with E-state index in [1.54, 1.807) is 30.1 Å². The molecule has 0 N–H and O–H groups in total. The molecule has 0 saturated carbocycles. The minimum atomic E-state index is -0.516. The molecule has 0 fully saturated rings. The monoisotopic (exact) mass is 252 g/mol. The Kier molecular flexibility index (Phi) is 3.24. The van der Waals surface area contributed by atoms with E-state index in [9.17, 15) is 9.18 Å². The van der Waals surface area contributed by atoms with Gasteiger partial charge < -0.3 is 0 Å². The van der Waals surface area contributed by atoms with E-state index in [0.717, 1.165) is 0 Å². The second kappa shape index (κ2) is 4.67. The van der Waals surface area contributed by atoms with Crippen LogP contribution in [0.5, 0.6) is 0 Å². The van der Waals surface area contributed by atoms with Crippen LogP contribution in [0.2, 0.25) is 5.02 Å². The largest absolute Gasteiger partial charge is 0.292 e. The maximum absolute atomic E-state index is 13.2. The quantitative estimate of drug-likeness (QED) is 0.787. The average molecular weight is 253 g/mol. The fraction of sp³-hybridized carbons (Fsp3) is 0.167. The third-order valence-electron chi connectivity index (χ3n) is 2.35. The van der Waals surface area contributed by atoms with E-state index in [-0.39, 0.29) is 17.2 Å². The lowest BCUT2D eigenvalue weighted by Crippen LogP contribution is -2.05. The predicted molar refractivity (Wildman–Crippen MR) is 62.7 cm³/mol. The highest BCUT2D eigenvalue weighted by atomic mass is 35.5. The summed E-state index contributed by atoms with van der Waals surface area (Å²) in [5.74, 6) is -0.662. The number of nitrogens with zero attached hydrogens (tertiary/aromatic N) is 2. The van der Waals surface area contributed by atoms with E-state index in [4.69, 9.17) is 11.6 Å². The predicted octanol–water partition coefficient (Wildman–Crippen LogP) is 2.64. The summed E-state index contributed by atoms with van der Waals surface area (Å²) in [6.07, 6.45) is 1.81. The van der Waals surface area contributed by atoms with Gasteiger partial charge in [-0.3, -0.25) is 9.48 Å². The number of halogens is 2. The van der Waals surface area contributed by atoms with Gasteiger partial charge in [0.2, 0.25) is 0 Å². The lowest BCUT2D eigenvalue weighted by molar-refractivity contribution is 0.0987. The van der Waals surface area contributed by atoms with Crippen LogP contribution >= 0.6 is 11.6 Å². The Bertz CT molecular complexity index is 565. The molecule has 0 aliphatic carbocycles. The van der Waals surface area contributed by atoms with Gasteiger partial charge in [0.1, 0.15) is 11.5 Å². The molecule has 1 aromatic heterocycles. The van der Waals surface area contributed by atoms with Crippen LogP contribution in [0.4, 0.5) is 4.39 Å². The zero-order chi connectivity index (χ0) is 12.4. The van der Waals surface area contributed by atoms with E-state index in [0.29, 0.717) is 11.3 Å². The van der Waals surface area contributed by atoms with Gasteiger partial charge in [-0.05, 0) is 23.8 Å². The molecule has 17 heavy (non-hydrogen) atoms. The molecule has 0 aliphatic rings. The number of hydrogen-bond donors (Lipinski definition) is 0. The third-order valence-corrected chi connectivity index (χ3v) is 2.65. The van der Waals surface area contributed by atoms with Crippen molar-refractivity contribution in [3.8, 4) is 0 Å². The molecule has 2 aromatic rings. The molecule has 0 spiro atoms. The van der Waals surface area contributed by atoms with Crippen LogP contribution < -0.4 is 0 Å². The zero-order valence-electron chi connectivity index (χ0n) is 9.15. The van der Waals surface area contributed by atoms with Gasteiger partial charge in [0, 0.05) is 19.7 Å². The average Bonchev–Trinajstić information content (AvgIpc) is 2.70. The Hall–Kier alpha value is -1.68. The third kappa shape index (κ3) is 2.71. The number of aryl methyl sites for hydroxylation is 1. The molecule has 1 heterocycles. The summed E-state index contributed by atoms with van der Waals surface area (Å²) in [6.45, 7) is 0. The minimum absolute atomic E-state index is 0.0547. The first-order chi connectivity index (χ1) is 8.06. The van der Waals surface area contributed by atoms with E-state index in [1.807, 2.05) is 0 Å². The molecule has 2 rings (SSSR count). The topological polar surface area (TPSA) is 34.9 Å². The number of aromatic nitrogens is 2. The van der Waals surface area contributed by atoms with Crippen LogP contribution in [0.25, 0.3) is 0 Å². The van der Waals surface area contributed by atoms with Crippen molar-refractivity contribution in [1.82, 2.24) is 9.78 Å². The number of carbonyl (C=O) groups excluding carboxylic acids is 1. The molecule has 0 atom stereocenters. The van der Waals surface area contributed by atoms with E-state index >= 15 is 0 Å². The highest BCUT2D eigenvalue weighted by Crippen LogP contribution is 2.16. The van der Waals surface area contributed by atoms with Gasteiger partial charge in [0.05, 0.1) is 5.02 Å². The fourth-order valence-electron chi connectivity index (χ4n) is 1.49. The second-order valence-corrected chi connectivity index (χ2v) is 4.13. The Morgan fingerprint density at radius 3 is 2.82 bits per heavy atom. The van der Waals surface area contributed by atoms with Crippen LogP contribution in [0, 0.1) is 5.82 Å². The molecule has 1 aromatic carbocycles. The number of hydrogen-bond acceptors (Lipinski definition) is 2. The summed E-state index contributed by atoms with van der Waals surface area (Å²) in [5, 5.41) is 4.05. The molecule has 0 unspecified atom stereocenters. The van der Waals surface area contributed by atoms with Gasteiger partial charge >= 0.3 is 0 Å². The summed E-state index contributed by atoms with van der Waals surface area (Å²) in [4.78, 5) is 11.8. The number of ketones is 1. The van der Waals surface area contributed by atoms with Crippen molar-refractivity contribution in [2.45, 2.75) is 6.42 Å². The first-order valence-corrected chi connectivity index (χ1v) is 5.41. The summed E-state index contributed by atoms with van der Waals surface area (Å²) < 4.78 is 14.7. The van der Waals surface area contributed by atoms with Crippen LogP contribution in [-0.2, 0) is 13.5 Å². The van der Waals surface area contributed by atoms with Gasteiger partial charge in [-0.25, -0.2) is 4.39 Å². The summed E-state index contributed by atoms with van der Waals surface area (Å²) in [5.41, 5.74) is 0.963. The smallest absolute Gasteiger partial charge is 0.187 e. The summed E-state index contributed by atoms with van der Waals surface area (Å²) >= 11 is 5.56. The van der Waals surface area contributed by atoms with Crippen LogP contribution in [0.1, 0.15) is 16.1 Å². The first kappa shape index (κ1) is 11.8. The second-order valence-electron chi connectivity index (χ2n) is 3.72.